The normalized spacial score (nSPS) is 24.6. The zero-order valence-corrected chi connectivity index (χ0v) is 14.3. The van der Waals surface area contributed by atoms with Gasteiger partial charge < -0.3 is 19.9 Å². The second-order valence-corrected chi connectivity index (χ2v) is 7.14. The molecule has 0 aromatic carbocycles. The molecule has 6 nitrogen and oxygen atoms in total. The lowest BCUT2D eigenvalue weighted by Crippen LogP contribution is -2.46. The largest absolute Gasteiger partial charge is 0.481 e. The molecule has 22 heavy (non-hydrogen) atoms. The lowest BCUT2D eigenvalue weighted by molar-refractivity contribution is -0.151. The van der Waals surface area contributed by atoms with E-state index in [1.165, 1.54) is 0 Å². The van der Waals surface area contributed by atoms with Crippen LogP contribution < -0.4 is 5.32 Å². The van der Waals surface area contributed by atoms with Crippen LogP contribution in [-0.2, 0) is 14.3 Å². The molecule has 1 rings (SSSR count). The smallest absolute Gasteiger partial charge is 0.407 e. The summed E-state index contributed by atoms with van der Waals surface area (Å²) in [5, 5.41) is 12.2. The number of aliphatic carboxylic acids is 1. The van der Waals surface area contributed by atoms with Gasteiger partial charge in [0.05, 0.1) is 17.6 Å². The van der Waals surface area contributed by atoms with Gasteiger partial charge in [0.25, 0.3) is 0 Å². The molecule has 2 N–H and O–H groups in total. The molecule has 3 unspecified atom stereocenters. The minimum Gasteiger partial charge on any atom is -0.481 e. The van der Waals surface area contributed by atoms with Crippen molar-refractivity contribution in [1.82, 2.24) is 5.32 Å². The van der Waals surface area contributed by atoms with Crippen LogP contribution in [0.4, 0.5) is 4.79 Å². The highest BCUT2D eigenvalue weighted by Gasteiger charge is 2.41. The molecular weight excluding hydrogens is 286 g/mol. The number of carbonyl (C=O) groups excluding carboxylic acids is 1. The maximum absolute atomic E-state index is 11.8. The molecule has 0 saturated carbocycles. The summed E-state index contributed by atoms with van der Waals surface area (Å²) in [6.07, 6.45) is 2.16. The van der Waals surface area contributed by atoms with Crippen LogP contribution in [0, 0.1) is 5.41 Å². The van der Waals surface area contributed by atoms with Gasteiger partial charge in [-0.2, -0.15) is 0 Å². The Morgan fingerprint density at radius 1 is 1.32 bits per heavy atom. The topological polar surface area (TPSA) is 84.9 Å². The number of amides is 1. The molecule has 1 heterocycles. The first-order chi connectivity index (χ1) is 10.1. The Morgan fingerprint density at radius 2 is 1.95 bits per heavy atom. The van der Waals surface area contributed by atoms with Gasteiger partial charge in [0, 0.05) is 6.54 Å². The summed E-state index contributed by atoms with van der Waals surface area (Å²) in [5.41, 5.74) is -1.63. The van der Waals surface area contributed by atoms with E-state index in [1.807, 2.05) is 13.8 Å². The molecular formula is C16H29NO5. The maximum atomic E-state index is 11.8. The Morgan fingerprint density at radius 3 is 2.36 bits per heavy atom. The molecule has 1 fully saturated rings. The van der Waals surface area contributed by atoms with Gasteiger partial charge in [-0.1, -0.05) is 6.92 Å². The SMILES string of the molecule is CCC(CNC(=O)OC(C)(C)C)(CC1CCC(C)O1)C(=O)O. The fraction of sp³-hybridized carbons (Fsp3) is 0.875. The van der Waals surface area contributed by atoms with E-state index in [1.54, 1.807) is 20.8 Å². The fourth-order valence-electron chi connectivity index (χ4n) is 2.68. The zero-order chi connectivity index (χ0) is 17.0. The van der Waals surface area contributed by atoms with E-state index < -0.39 is 23.1 Å². The highest BCUT2D eigenvalue weighted by molar-refractivity contribution is 5.76. The first kappa shape index (κ1) is 18.7. The van der Waals surface area contributed by atoms with Crippen molar-refractivity contribution in [3.05, 3.63) is 0 Å². The second kappa shape index (κ2) is 7.31. The summed E-state index contributed by atoms with van der Waals surface area (Å²) in [6, 6.07) is 0. The molecule has 1 amide bonds. The molecule has 0 spiro atoms. The van der Waals surface area contributed by atoms with E-state index in [0.29, 0.717) is 12.8 Å². The number of rotatable bonds is 6. The third-order valence-corrected chi connectivity index (χ3v) is 4.04. The van der Waals surface area contributed by atoms with E-state index in [9.17, 15) is 14.7 Å². The van der Waals surface area contributed by atoms with E-state index in [0.717, 1.165) is 12.8 Å². The molecule has 0 aromatic rings. The maximum Gasteiger partial charge on any atom is 0.407 e. The molecule has 0 bridgehead atoms. The van der Waals surface area contributed by atoms with Crippen LogP contribution in [0.3, 0.4) is 0 Å². The van der Waals surface area contributed by atoms with Crippen LogP contribution in [0.2, 0.25) is 0 Å². The quantitative estimate of drug-likeness (QED) is 0.787. The van der Waals surface area contributed by atoms with Crippen molar-refractivity contribution in [3.8, 4) is 0 Å². The number of hydrogen-bond donors (Lipinski definition) is 2. The van der Waals surface area contributed by atoms with Crippen molar-refractivity contribution in [2.75, 3.05) is 6.54 Å². The number of carboxylic acid groups (broad SMARTS) is 1. The second-order valence-electron chi connectivity index (χ2n) is 7.14. The predicted octanol–water partition coefficient (Wildman–Crippen LogP) is 2.95. The van der Waals surface area contributed by atoms with Crippen LogP contribution in [0.25, 0.3) is 0 Å². The van der Waals surface area contributed by atoms with Crippen molar-refractivity contribution >= 4 is 12.1 Å². The highest BCUT2D eigenvalue weighted by Crippen LogP contribution is 2.34. The molecule has 128 valence electrons. The van der Waals surface area contributed by atoms with Crippen molar-refractivity contribution in [2.24, 2.45) is 5.41 Å². The van der Waals surface area contributed by atoms with Gasteiger partial charge in [-0.15, -0.1) is 0 Å². The average molecular weight is 315 g/mol. The first-order valence-corrected chi connectivity index (χ1v) is 7.93. The van der Waals surface area contributed by atoms with Crippen molar-refractivity contribution in [2.45, 2.75) is 78.1 Å². The van der Waals surface area contributed by atoms with Crippen molar-refractivity contribution in [3.63, 3.8) is 0 Å². The third-order valence-electron chi connectivity index (χ3n) is 4.04. The van der Waals surface area contributed by atoms with Gasteiger partial charge >= 0.3 is 12.1 Å². The summed E-state index contributed by atoms with van der Waals surface area (Å²) in [6.45, 7) is 9.17. The van der Waals surface area contributed by atoms with E-state index in [4.69, 9.17) is 9.47 Å². The zero-order valence-electron chi connectivity index (χ0n) is 14.3. The Hall–Kier alpha value is -1.30. The number of nitrogens with one attached hydrogen (secondary N) is 1. The average Bonchev–Trinajstić information content (AvgIpc) is 2.77. The van der Waals surface area contributed by atoms with Crippen molar-refractivity contribution < 1.29 is 24.2 Å². The van der Waals surface area contributed by atoms with Gasteiger partial charge in [-0.3, -0.25) is 4.79 Å². The van der Waals surface area contributed by atoms with Gasteiger partial charge in [-0.25, -0.2) is 4.79 Å². The number of ether oxygens (including phenoxy) is 2. The molecule has 0 radical (unpaired) electrons. The molecule has 1 aliphatic rings. The van der Waals surface area contributed by atoms with Gasteiger partial charge in [0.15, 0.2) is 0 Å². The van der Waals surface area contributed by atoms with Crippen LogP contribution in [0.5, 0.6) is 0 Å². The molecule has 0 aliphatic carbocycles. The Bertz CT molecular complexity index is 404. The predicted molar refractivity (Wildman–Crippen MR) is 82.8 cm³/mol. The van der Waals surface area contributed by atoms with Crippen LogP contribution in [0.1, 0.15) is 60.3 Å². The summed E-state index contributed by atoms with van der Waals surface area (Å²) in [5.74, 6) is -0.908. The van der Waals surface area contributed by atoms with Gasteiger partial charge in [-0.05, 0) is 53.4 Å². The number of hydrogen-bond acceptors (Lipinski definition) is 4. The lowest BCUT2D eigenvalue weighted by Gasteiger charge is -2.31. The van der Waals surface area contributed by atoms with Crippen LogP contribution in [0.15, 0.2) is 0 Å². The van der Waals surface area contributed by atoms with Crippen LogP contribution >= 0.6 is 0 Å². The number of carbonyl (C=O) groups is 2. The van der Waals surface area contributed by atoms with E-state index >= 15 is 0 Å². The van der Waals surface area contributed by atoms with E-state index in [2.05, 4.69) is 5.32 Å². The molecule has 1 saturated heterocycles. The molecule has 6 heteroatoms. The number of alkyl carbamates (subject to hydrolysis) is 1. The van der Waals surface area contributed by atoms with Gasteiger partial charge in [0.2, 0.25) is 0 Å². The fourth-order valence-corrected chi connectivity index (χ4v) is 2.68. The Balaban J connectivity index is 2.67. The Labute approximate surface area is 132 Å². The monoisotopic (exact) mass is 315 g/mol. The highest BCUT2D eigenvalue weighted by atomic mass is 16.6. The minimum atomic E-state index is -1.02. The lowest BCUT2D eigenvalue weighted by atomic mass is 9.79. The third kappa shape index (κ3) is 5.48. The molecule has 0 aromatic heterocycles. The Kier molecular flexibility index (Phi) is 6.23. The molecule has 1 aliphatic heterocycles. The standard InChI is InChI=1S/C16H29NO5/c1-6-16(13(18)19,9-12-8-7-11(2)21-12)10-17-14(20)22-15(3,4)5/h11-12H,6-10H2,1-5H3,(H,17,20)(H,18,19). The summed E-state index contributed by atoms with van der Waals surface area (Å²) >= 11 is 0. The summed E-state index contributed by atoms with van der Waals surface area (Å²) in [7, 11) is 0. The molecule has 3 atom stereocenters. The minimum absolute atomic E-state index is 0.0436. The van der Waals surface area contributed by atoms with E-state index in [-0.39, 0.29) is 18.8 Å². The summed E-state index contributed by atoms with van der Waals surface area (Å²) in [4.78, 5) is 23.5. The summed E-state index contributed by atoms with van der Waals surface area (Å²) < 4.78 is 10.9. The first-order valence-electron chi connectivity index (χ1n) is 7.93. The number of carboxylic acids is 1. The van der Waals surface area contributed by atoms with Crippen molar-refractivity contribution in [1.29, 1.82) is 0 Å². The van der Waals surface area contributed by atoms with Crippen LogP contribution in [-0.4, -0.2) is 41.5 Å². The van der Waals surface area contributed by atoms with Gasteiger partial charge in [0.1, 0.15) is 5.60 Å².